The Hall–Kier alpha value is -3.20. The van der Waals surface area contributed by atoms with Crippen LogP contribution in [0.15, 0.2) is 48.5 Å². The number of hydrogen-bond acceptors (Lipinski definition) is 6. The van der Waals surface area contributed by atoms with Gasteiger partial charge in [-0.05, 0) is 43.0 Å². The molecule has 1 aliphatic carbocycles. The third-order valence-electron chi connectivity index (χ3n) is 6.21. The molecule has 8 nitrogen and oxygen atoms in total. The van der Waals surface area contributed by atoms with E-state index in [1.165, 1.54) is 4.90 Å². The zero-order valence-corrected chi connectivity index (χ0v) is 21.6. The highest BCUT2D eigenvalue weighted by Gasteiger charge is 2.33. The summed E-state index contributed by atoms with van der Waals surface area (Å²) < 4.78 is 22.7. The van der Waals surface area contributed by atoms with Crippen LogP contribution in [-0.4, -0.2) is 69.9 Å². The van der Waals surface area contributed by atoms with E-state index in [1.54, 1.807) is 20.8 Å². The van der Waals surface area contributed by atoms with Gasteiger partial charge in [0.2, 0.25) is 5.91 Å². The molecule has 0 saturated carbocycles. The molecule has 1 atom stereocenters. The van der Waals surface area contributed by atoms with Gasteiger partial charge in [0, 0.05) is 41.3 Å². The summed E-state index contributed by atoms with van der Waals surface area (Å²) in [7, 11) is -0.964. The number of esters is 1. The van der Waals surface area contributed by atoms with E-state index in [0.29, 0.717) is 24.6 Å². The summed E-state index contributed by atoms with van der Waals surface area (Å²) in [6.45, 7) is 5.92. The predicted molar refractivity (Wildman–Crippen MR) is 137 cm³/mol. The Morgan fingerprint density at radius 2 is 1.56 bits per heavy atom. The summed E-state index contributed by atoms with van der Waals surface area (Å²) in [5, 5.41) is 2.58. The first kappa shape index (κ1) is 25.9. The quantitative estimate of drug-likeness (QED) is 0.597. The van der Waals surface area contributed by atoms with E-state index in [-0.39, 0.29) is 18.9 Å². The highest BCUT2D eigenvalue weighted by Crippen LogP contribution is 2.44. The number of rotatable bonds is 6. The minimum Gasteiger partial charge on any atom is -0.460 e. The molecule has 4 rings (SSSR count). The molecular formula is C27H32N2O6S. The van der Waals surface area contributed by atoms with Gasteiger partial charge in [0.05, 0.1) is 6.42 Å². The van der Waals surface area contributed by atoms with Gasteiger partial charge >= 0.3 is 12.1 Å². The number of ether oxygens (including phenoxy) is 2. The Morgan fingerprint density at radius 1 is 1.00 bits per heavy atom. The highest BCUT2D eigenvalue weighted by molar-refractivity contribution is 7.85. The number of carbonyl (C=O) groups excluding carboxylic acids is 3. The fraction of sp³-hybridized carbons (Fsp3) is 0.444. The molecule has 0 radical (unpaired) electrons. The second-order valence-corrected chi connectivity index (χ2v) is 11.7. The number of alkyl carbamates (subject to hydrolysis) is 1. The van der Waals surface area contributed by atoms with Crippen molar-refractivity contribution in [1.29, 1.82) is 0 Å². The number of benzene rings is 2. The fourth-order valence-electron chi connectivity index (χ4n) is 4.61. The molecule has 9 heteroatoms. The lowest BCUT2D eigenvalue weighted by Gasteiger charge is -2.30. The number of fused-ring (bicyclic) bond motifs is 3. The van der Waals surface area contributed by atoms with Gasteiger partial charge in [-0.2, -0.15) is 0 Å². The van der Waals surface area contributed by atoms with E-state index in [4.69, 9.17) is 9.47 Å². The Morgan fingerprint density at radius 3 is 2.11 bits per heavy atom. The van der Waals surface area contributed by atoms with Crippen LogP contribution in [0.25, 0.3) is 11.1 Å². The molecule has 2 aliphatic rings. The Kier molecular flexibility index (Phi) is 7.78. The molecule has 1 aliphatic heterocycles. The predicted octanol–water partition coefficient (Wildman–Crippen LogP) is 3.22. The summed E-state index contributed by atoms with van der Waals surface area (Å²) in [6.07, 6.45) is -1.10. The molecule has 36 heavy (non-hydrogen) atoms. The highest BCUT2D eigenvalue weighted by atomic mass is 32.2. The van der Waals surface area contributed by atoms with Crippen LogP contribution < -0.4 is 5.32 Å². The van der Waals surface area contributed by atoms with Crippen molar-refractivity contribution >= 4 is 28.8 Å². The monoisotopic (exact) mass is 512 g/mol. The van der Waals surface area contributed by atoms with E-state index < -0.39 is 40.4 Å². The number of nitrogens with zero attached hydrogens (tertiary/aromatic N) is 1. The first-order valence-electron chi connectivity index (χ1n) is 12.1. The number of amides is 2. The van der Waals surface area contributed by atoms with Crippen molar-refractivity contribution in [3.05, 3.63) is 59.7 Å². The summed E-state index contributed by atoms with van der Waals surface area (Å²) in [4.78, 5) is 40.0. The number of carbonyl (C=O) groups is 3. The van der Waals surface area contributed by atoms with Crippen molar-refractivity contribution in [2.24, 2.45) is 0 Å². The van der Waals surface area contributed by atoms with Gasteiger partial charge in [-0.15, -0.1) is 0 Å². The molecule has 1 saturated heterocycles. The van der Waals surface area contributed by atoms with E-state index >= 15 is 0 Å². The summed E-state index contributed by atoms with van der Waals surface area (Å²) in [6, 6.07) is 14.9. The van der Waals surface area contributed by atoms with Gasteiger partial charge < -0.3 is 19.7 Å². The smallest absolute Gasteiger partial charge is 0.407 e. The van der Waals surface area contributed by atoms with Crippen LogP contribution in [0.2, 0.25) is 0 Å². The average Bonchev–Trinajstić information content (AvgIpc) is 3.15. The van der Waals surface area contributed by atoms with Crippen LogP contribution in [0, 0.1) is 0 Å². The van der Waals surface area contributed by atoms with Gasteiger partial charge in [-0.25, -0.2) is 4.79 Å². The molecule has 192 valence electrons. The molecule has 0 aromatic heterocycles. The van der Waals surface area contributed by atoms with Crippen molar-refractivity contribution in [1.82, 2.24) is 10.2 Å². The molecular weight excluding hydrogens is 480 g/mol. The molecule has 2 aromatic rings. The van der Waals surface area contributed by atoms with Gasteiger partial charge in [-0.1, -0.05) is 48.5 Å². The van der Waals surface area contributed by atoms with Crippen LogP contribution in [-0.2, 0) is 29.9 Å². The topological polar surface area (TPSA) is 102 Å². The lowest BCUT2D eigenvalue weighted by Crippen LogP contribution is -2.53. The Balaban J connectivity index is 1.44. The molecule has 0 bridgehead atoms. The SMILES string of the molecule is CC(C)(C)OC(=O)C[C@H](NC(=O)OCC1c2ccccc2-c2ccccc21)C(=O)N1CCS(=O)CC1. The first-order valence-corrected chi connectivity index (χ1v) is 13.6. The number of hydrogen-bond donors (Lipinski definition) is 1. The molecule has 1 fully saturated rings. The van der Waals surface area contributed by atoms with Gasteiger partial charge in [0.25, 0.3) is 0 Å². The van der Waals surface area contributed by atoms with Gasteiger partial charge in [0.15, 0.2) is 0 Å². The fourth-order valence-corrected chi connectivity index (χ4v) is 5.66. The van der Waals surface area contributed by atoms with Gasteiger partial charge in [-0.3, -0.25) is 13.8 Å². The maximum Gasteiger partial charge on any atom is 0.407 e. The molecule has 1 heterocycles. The van der Waals surface area contributed by atoms with Crippen LogP contribution in [0.1, 0.15) is 44.2 Å². The van der Waals surface area contributed by atoms with E-state index in [2.05, 4.69) is 17.4 Å². The van der Waals surface area contributed by atoms with Crippen molar-refractivity contribution < 1.29 is 28.1 Å². The van der Waals surface area contributed by atoms with Crippen molar-refractivity contribution in [3.8, 4) is 11.1 Å². The zero-order valence-electron chi connectivity index (χ0n) is 20.8. The van der Waals surface area contributed by atoms with Crippen LogP contribution >= 0.6 is 0 Å². The van der Waals surface area contributed by atoms with Crippen molar-refractivity contribution in [2.75, 3.05) is 31.2 Å². The second-order valence-electron chi connectivity index (χ2n) is 9.99. The minimum atomic E-state index is -1.14. The summed E-state index contributed by atoms with van der Waals surface area (Å²) >= 11 is 0. The van der Waals surface area contributed by atoms with Crippen molar-refractivity contribution in [2.45, 2.75) is 44.8 Å². The largest absolute Gasteiger partial charge is 0.460 e. The van der Waals surface area contributed by atoms with E-state index in [0.717, 1.165) is 22.3 Å². The average molecular weight is 513 g/mol. The maximum atomic E-state index is 13.2. The molecule has 0 unspecified atom stereocenters. The lowest BCUT2D eigenvalue weighted by molar-refractivity contribution is -0.157. The first-order chi connectivity index (χ1) is 17.1. The normalized spacial score (nSPS) is 16.6. The third kappa shape index (κ3) is 6.13. The lowest BCUT2D eigenvalue weighted by atomic mass is 9.98. The third-order valence-corrected chi connectivity index (χ3v) is 7.49. The summed E-state index contributed by atoms with van der Waals surface area (Å²) in [5.41, 5.74) is 3.66. The standard InChI is InChI=1S/C27H32N2O6S/c1-27(2,3)35-24(30)16-23(25(31)29-12-14-36(33)15-13-29)28-26(32)34-17-22-20-10-6-4-8-18(20)19-9-5-7-11-21(19)22/h4-11,22-23H,12-17H2,1-3H3,(H,28,32)/t23-/m0/s1. The van der Waals surface area contributed by atoms with Crippen molar-refractivity contribution in [3.63, 3.8) is 0 Å². The van der Waals surface area contributed by atoms with E-state index in [1.807, 2.05) is 36.4 Å². The van der Waals surface area contributed by atoms with E-state index in [9.17, 15) is 18.6 Å². The minimum absolute atomic E-state index is 0.0932. The van der Waals surface area contributed by atoms with Crippen LogP contribution in [0.3, 0.4) is 0 Å². The molecule has 2 aromatic carbocycles. The van der Waals surface area contributed by atoms with Gasteiger partial charge in [0.1, 0.15) is 18.2 Å². The zero-order chi connectivity index (χ0) is 25.9. The molecule has 1 N–H and O–H groups in total. The molecule has 0 spiro atoms. The van der Waals surface area contributed by atoms with Crippen LogP contribution in [0.5, 0.6) is 0 Å². The van der Waals surface area contributed by atoms with Crippen LogP contribution in [0.4, 0.5) is 4.79 Å². The Labute approximate surface area is 213 Å². The number of nitrogens with one attached hydrogen (secondary N) is 1. The Bertz CT molecular complexity index is 1120. The summed E-state index contributed by atoms with van der Waals surface area (Å²) in [5.74, 6) is -0.391. The molecule has 2 amide bonds. The second kappa shape index (κ2) is 10.8. The maximum absolute atomic E-state index is 13.2.